The Balaban J connectivity index is 1.68. The van der Waals surface area contributed by atoms with Gasteiger partial charge < -0.3 is 4.74 Å². The van der Waals surface area contributed by atoms with Crippen LogP contribution in [-0.2, 0) is 10.5 Å². The molecule has 0 aliphatic rings. The fraction of sp³-hybridized carbons (Fsp3) is 0.158. The molecule has 0 radical (unpaired) electrons. The van der Waals surface area contributed by atoms with E-state index in [4.69, 9.17) is 27.9 Å². The zero-order valence-corrected chi connectivity index (χ0v) is 16.2. The summed E-state index contributed by atoms with van der Waals surface area (Å²) in [7, 11) is 0. The van der Waals surface area contributed by atoms with E-state index in [1.54, 1.807) is 12.3 Å². The van der Waals surface area contributed by atoms with Crippen LogP contribution in [0.3, 0.4) is 0 Å². The van der Waals surface area contributed by atoms with Gasteiger partial charge in [-0.05, 0) is 53.6 Å². The Hall–Kier alpha value is -1.95. The van der Waals surface area contributed by atoms with Gasteiger partial charge >= 0.3 is 0 Å². The van der Waals surface area contributed by atoms with Gasteiger partial charge in [0.25, 0.3) is 0 Å². The summed E-state index contributed by atoms with van der Waals surface area (Å²) in [5, 5.41) is 4.67. The molecule has 1 N–H and O–H groups in total. The summed E-state index contributed by atoms with van der Waals surface area (Å²) in [6.45, 7) is 0.417. The average Bonchev–Trinajstić information content (AvgIpc) is 2.65. The van der Waals surface area contributed by atoms with Crippen molar-refractivity contribution in [3.8, 4) is 5.75 Å². The number of nitrogens with one attached hydrogen (secondary N) is 1. The summed E-state index contributed by atoms with van der Waals surface area (Å²) in [4.78, 5) is 11.8. The smallest absolute Gasteiger partial charge is 0.250 e. The maximum absolute atomic E-state index is 11.8. The van der Waals surface area contributed by atoms with E-state index in [9.17, 15) is 4.79 Å². The number of rotatable bonds is 9. The molecule has 4 nitrogen and oxygen atoms in total. The lowest BCUT2D eigenvalue weighted by molar-refractivity contribution is -0.118. The zero-order valence-electron chi connectivity index (χ0n) is 13.9. The lowest BCUT2D eigenvalue weighted by Crippen LogP contribution is -2.19. The minimum Gasteiger partial charge on any atom is -0.490 e. The number of nitrogens with zero attached hydrogens (tertiary/aromatic N) is 1. The highest BCUT2D eigenvalue weighted by atomic mass is 35.5. The summed E-state index contributed by atoms with van der Waals surface area (Å²) in [6, 6.07) is 14.9. The van der Waals surface area contributed by atoms with Crippen LogP contribution in [0, 0.1) is 0 Å². The third-order valence-corrected chi connectivity index (χ3v) is 4.57. The molecule has 1 amide bonds. The van der Waals surface area contributed by atoms with E-state index in [-0.39, 0.29) is 5.91 Å². The first kappa shape index (κ1) is 20.4. The number of carbonyl (C=O) groups is 1. The third-order valence-electron chi connectivity index (χ3n) is 3.13. The summed E-state index contributed by atoms with van der Waals surface area (Å²) in [5.41, 5.74) is 5.92. The molecule has 0 spiro atoms. The van der Waals surface area contributed by atoms with Crippen LogP contribution >= 0.6 is 35.0 Å². The number of carbonyl (C=O) groups excluding carboxylic acids is 1. The van der Waals surface area contributed by atoms with Crippen molar-refractivity contribution in [3.05, 3.63) is 76.3 Å². The van der Waals surface area contributed by atoms with Crippen LogP contribution in [0.2, 0.25) is 5.02 Å². The molecule has 0 heterocycles. The van der Waals surface area contributed by atoms with Gasteiger partial charge in [-0.2, -0.15) is 5.10 Å². The molecule has 0 aromatic heterocycles. The van der Waals surface area contributed by atoms with Crippen molar-refractivity contribution < 1.29 is 9.53 Å². The van der Waals surface area contributed by atoms with Crippen molar-refractivity contribution in [1.29, 1.82) is 0 Å². The van der Waals surface area contributed by atoms with E-state index in [2.05, 4.69) is 10.5 Å². The van der Waals surface area contributed by atoms with Crippen LogP contribution in [0.15, 0.2) is 65.2 Å². The second-order valence-corrected chi connectivity index (χ2v) is 6.83. The maximum Gasteiger partial charge on any atom is 0.250 e. The molecule has 0 bridgehead atoms. The molecule has 0 saturated heterocycles. The van der Waals surface area contributed by atoms with Gasteiger partial charge in [-0.1, -0.05) is 35.3 Å². The van der Waals surface area contributed by atoms with Crippen LogP contribution in [0.4, 0.5) is 0 Å². The SMILES string of the molecule is O=C(CSCc1ccc(Cl)cc1)N/N=C/c1ccc(OC/C=C/Cl)cc1. The van der Waals surface area contributed by atoms with E-state index in [1.165, 1.54) is 17.3 Å². The van der Waals surface area contributed by atoms with Crippen LogP contribution < -0.4 is 10.2 Å². The molecular weight excluding hydrogens is 391 g/mol. The van der Waals surface area contributed by atoms with Crippen molar-refractivity contribution in [3.63, 3.8) is 0 Å². The second kappa shape index (κ2) is 11.6. The Kier molecular flexibility index (Phi) is 9.10. The minimum atomic E-state index is -0.145. The highest BCUT2D eigenvalue weighted by Gasteiger charge is 2.01. The van der Waals surface area contributed by atoms with Crippen LogP contribution in [0.25, 0.3) is 0 Å². The predicted molar refractivity (Wildman–Crippen MR) is 110 cm³/mol. The quantitative estimate of drug-likeness (QED) is 0.476. The highest BCUT2D eigenvalue weighted by molar-refractivity contribution is 7.99. The Bertz CT molecular complexity index is 747. The van der Waals surface area contributed by atoms with Crippen LogP contribution in [-0.4, -0.2) is 24.5 Å². The number of benzene rings is 2. The Morgan fingerprint density at radius 2 is 1.88 bits per heavy atom. The lowest BCUT2D eigenvalue weighted by atomic mass is 10.2. The molecule has 7 heteroatoms. The molecule has 136 valence electrons. The number of hydrogen-bond acceptors (Lipinski definition) is 4. The summed E-state index contributed by atoms with van der Waals surface area (Å²) in [6.07, 6.45) is 3.29. The molecule has 0 fully saturated rings. The minimum absolute atomic E-state index is 0.145. The number of hydrazone groups is 1. The van der Waals surface area contributed by atoms with Gasteiger partial charge in [0.2, 0.25) is 5.91 Å². The number of hydrogen-bond donors (Lipinski definition) is 1. The van der Waals surface area contributed by atoms with E-state index in [0.29, 0.717) is 17.4 Å². The van der Waals surface area contributed by atoms with E-state index >= 15 is 0 Å². The molecule has 0 aliphatic carbocycles. The maximum atomic E-state index is 11.8. The largest absolute Gasteiger partial charge is 0.490 e. The van der Waals surface area contributed by atoms with Gasteiger partial charge in [-0.25, -0.2) is 5.43 Å². The van der Waals surface area contributed by atoms with Gasteiger partial charge in [-0.15, -0.1) is 11.8 Å². The molecule has 0 saturated carbocycles. The van der Waals surface area contributed by atoms with Crippen LogP contribution in [0.5, 0.6) is 5.75 Å². The van der Waals surface area contributed by atoms with Crippen molar-refractivity contribution >= 4 is 47.1 Å². The third kappa shape index (κ3) is 7.95. The Morgan fingerprint density at radius 1 is 1.15 bits per heavy atom. The van der Waals surface area contributed by atoms with Gasteiger partial charge in [0, 0.05) is 16.3 Å². The number of halogens is 2. The predicted octanol–water partition coefficient (Wildman–Crippen LogP) is 4.85. The van der Waals surface area contributed by atoms with Gasteiger partial charge in [0.1, 0.15) is 12.4 Å². The van der Waals surface area contributed by atoms with Crippen molar-refractivity contribution in [2.75, 3.05) is 12.4 Å². The fourth-order valence-corrected chi connectivity index (χ4v) is 2.86. The topological polar surface area (TPSA) is 50.7 Å². The fourth-order valence-electron chi connectivity index (χ4n) is 1.88. The van der Waals surface area contributed by atoms with Crippen molar-refractivity contribution in [1.82, 2.24) is 5.43 Å². The van der Waals surface area contributed by atoms with Crippen LogP contribution in [0.1, 0.15) is 11.1 Å². The Labute approximate surface area is 167 Å². The first-order valence-electron chi connectivity index (χ1n) is 7.79. The number of amides is 1. The average molecular weight is 409 g/mol. The molecule has 2 rings (SSSR count). The molecule has 26 heavy (non-hydrogen) atoms. The molecular formula is C19H18Cl2N2O2S. The first-order chi connectivity index (χ1) is 12.7. The van der Waals surface area contributed by atoms with Gasteiger partial charge in [0.05, 0.1) is 12.0 Å². The number of thioether (sulfide) groups is 1. The second-order valence-electron chi connectivity index (χ2n) is 5.15. The molecule has 0 aliphatic heterocycles. The first-order valence-corrected chi connectivity index (χ1v) is 9.76. The van der Waals surface area contributed by atoms with Gasteiger partial charge in [-0.3, -0.25) is 4.79 Å². The molecule has 0 atom stereocenters. The van der Waals surface area contributed by atoms with Gasteiger partial charge in [0.15, 0.2) is 0 Å². The molecule has 0 unspecified atom stereocenters. The highest BCUT2D eigenvalue weighted by Crippen LogP contribution is 2.15. The summed E-state index contributed by atoms with van der Waals surface area (Å²) >= 11 is 12.8. The number of ether oxygens (including phenoxy) is 1. The van der Waals surface area contributed by atoms with E-state index < -0.39 is 0 Å². The van der Waals surface area contributed by atoms with Crippen molar-refractivity contribution in [2.24, 2.45) is 5.10 Å². The monoisotopic (exact) mass is 408 g/mol. The standard InChI is InChI=1S/C19H18Cl2N2O2S/c20-10-1-11-25-18-8-4-15(5-9-18)12-22-23-19(24)14-26-13-16-2-6-17(21)7-3-16/h1-10,12H,11,13-14H2,(H,23,24)/b10-1+,22-12+. The van der Waals surface area contributed by atoms with Crippen molar-refractivity contribution in [2.45, 2.75) is 5.75 Å². The summed E-state index contributed by atoms with van der Waals surface area (Å²) < 4.78 is 5.44. The summed E-state index contributed by atoms with van der Waals surface area (Å²) in [5.74, 6) is 1.67. The normalized spacial score (nSPS) is 11.2. The van der Waals surface area contributed by atoms with E-state index in [1.807, 2.05) is 48.5 Å². The zero-order chi connectivity index (χ0) is 18.6. The van der Waals surface area contributed by atoms with E-state index in [0.717, 1.165) is 22.6 Å². The lowest BCUT2D eigenvalue weighted by Gasteiger charge is -2.03. The molecule has 2 aromatic carbocycles. The Morgan fingerprint density at radius 3 is 2.58 bits per heavy atom. The molecule has 2 aromatic rings.